The lowest BCUT2D eigenvalue weighted by molar-refractivity contribution is 0.161. The van der Waals surface area contributed by atoms with Crippen molar-refractivity contribution in [2.45, 2.75) is 25.5 Å². The Morgan fingerprint density at radius 2 is 2.05 bits per heavy atom. The first-order valence-electron chi connectivity index (χ1n) is 6.52. The highest BCUT2D eigenvalue weighted by atomic mass is 79.9. The third-order valence-corrected chi connectivity index (χ3v) is 4.83. The molecule has 0 saturated carbocycles. The zero-order chi connectivity index (χ0) is 14.3. The summed E-state index contributed by atoms with van der Waals surface area (Å²) in [5.74, 6) is 0.880. The molecule has 0 amide bonds. The average molecular weight is 353 g/mol. The summed E-state index contributed by atoms with van der Waals surface area (Å²) >= 11 is 9.48. The molecule has 1 heterocycles. The van der Waals surface area contributed by atoms with Crippen molar-refractivity contribution in [3.8, 4) is 5.75 Å². The van der Waals surface area contributed by atoms with Crippen LogP contribution in [-0.2, 0) is 0 Å². The summed E-state index contributed by atoms with van der Waals surface area (Å²) < 4.78 is 6.97. The van der Waals surface area contributed by atoms with Gasteiger partial charge < -0.3 is 10.5 Å². The van der Waals surface area contributed by atoms with Crippen molar-refractivity contribution in [2.75, 3.05) is 0 Å². The minimum absolute atomic E-state index is 0.00176. The summed E-state index contributed by atoms with van der Waals surface area (Å²) in [4.78, 5) is 0. The number of halogens is 2. The van der Waals surface area contributed by atoms with E-state index in [0.29, 0.717) is 5.02 Å². The van der Waals surface area contributed by atoms with Crippen molar-refractivity contribution < 1.29 is 4.74 Å². The topological polar surface area (TPSA) is 35.2 Å². The molecule has 1 aliphatic heterocycles. The van der Waals surface area contributed by atoms with Gasteiger partial charge in [0.25, 0.3) is 0 Å². The molecular formula is C16H15BrClNO. The molecule has 1 unspecified atom stereocenters. The first-order valence-corrected chi connectivity index (χ1v) is 7.69. The van der Waals surface area contributed by atoms with Gasteiger partial charge in [-0.1, -0.05) is 35.4 Å². The molecule has 0 aromatic heterocycles. The van der Waals surface area contributed by atoms with Crippen LogP contribution in [0.1, 0.15) is 35.3 Å². The standard InChI is InChI=1S/C16H15BrClNO/c1-9-2-5-15-11(6-9)14(19)8-16(20-15)10-3-4-13(18)12(17)7-10/h2-7,14,16H,8,19H2,1H3/t14-,16?/m1/s1. The molecular weight excluding hydrogens is 338 g/mol. The normalized spacial score (nSPS) is 21.2. The van der Waals surface area contributed by atoms with E-state index in [-0.39, 0.29) is 12.1 Å². The molecule has 2 nitrogen and oxygen atoms in total. The van der Waals surface area contributed by atoms with Crippen molar-refractivity contribution in [1.82, 2.24) is 0 Å². The SMILES string of the molecule is Cc1ccc2c(c1)[C@H](N)CC(c1ccc(Cl)c(Br)c1)O2. The average Bonchev–Trinajstić information content (AvgIpc) is 2.42. The molecule has 0 fully saturated rings. The molecule has 0 bridgehead atoms. The Balaban J connectivity index is 1.94. The number of hydrogen-bond donors (Lipinski definition) is 1. The van der Waals surface area contributed by atoms with Crippen LogP contribution >= 0.6 is 27.5 Å². The van der Waals surface area contributed by atoms with Crippen molar-refractivity contribution in [2.24, 2.45) is 5.73 Å². The van der Waals surface area contributed by atoms with Gasteiger partial charge in [0.05, 0.1) is 5.02 Å². The van der Waals surface area contributed by atoms with E-state index in [4.69, 9.17) is 22.1 Å². The van der Waals surface area contributed by atoms with Crippen LogP contribution in [0.3, 0.4) is 0 Å². The molecule has 0 saturated heterocycles. The number of benzene rings is 2. The van der Waals surface area contributed by atoms with Crippen LogP contribution in [0.4, 0.5) is 0 Å². The summed E-state index contributed by atoms with van der Waals surface area (Å²) in [5, 5.41) is 0.699. The minimum Gasteiger partial charge on any atom is -0.485 e. The molecule has 2 aromatic rings. The fourth-order valence-corrected chi connectivity index (χ4v) is 3.05. The van der Waals surface area contributed by atoms with Gasteiger partial charge in [-0.05, 0) is 46.6 Å². The Hall–Kier alpha value is -1.03. The Kier molecular flexibility index (Phi) is 3.76. The molecule has 2 aromatic carbocycles. The predicted molar refractivity (Wildman–Crippen MR) is 85.2 cm³/mol. The van der Waals surface area contributed by atoms with Crippen LogP contribution in [0.25, 0.3) is 0 Å². The molecule has 3 rings (SSSR count). The molecule has 0 aliphatic carbocycles. The Morgan fingerprint density at radius 1 is 1.25 bits per heavy atom. The number of nitrogens with two attached hydrogens (primary N) is 1. The van der Waals surface area contributed by atoms with Crippen LogP contribution in [0.15, 0.2) is 40.9 Å². The summed E-state index contributed by atoms with van der Waals surface area (Å²) in [6.45, 7) is 2.06. The number of aryl methyl sites for hydroxylation is 1. The fraction of sp³-hybridized carbons (Fsp3) is 0.250. The zero-order valence-corrected chi connectivity index (χ0v) is 13.4. The number of ether oxygens (including phenoxy) is 1. The maximum absolute atomic E-state index is 6.29. The lowest BCUT2D eigenvalue weighted by Crippen LogP contribution is -2.24. The highest BCUT2D eigenvalue weighted by Gasteiger charge is 2.27. The van der Waals surface area contributed by atoms with Gasteiger partial charge in [0.1, 0.15) is 11.9 Å². The van der Waals surface area contributed by atoms with E-state index < -0.39 is 0 Å². The monoisotopic (exact) mass is 351 g/mol. The molecule has 0 spiro atoms. The van der Waals surface area contributed by atoms with Crippen molar-refractivity contribution in [3.05, 3.63) is 62.6 Å². The first kappa shape index (κ1) is 13.9. The van der Waals surface area contributed by atoms with Gasteiger partial charge in [-0.3, -0.25) is 0 Å². The van der Waals surface area contributed by atoms with Gasteiger partial charge in [-0.25, -0.2) is 0 Å². The van der Waals surface area contributed by atoms with Crippen LogP contribution < -0.4 is 10.5 Å². The molecule has 4 heteroatoms. The first-order chi connectivity index (χ1) is 9.54. The highest BCUT2D eigenvalue weighted by Crippen LogP contribution is 2.40. The van der Waals surface area contributed by atoms with E-state index in [2.05, 4.69) is 28.9 Å². The van der Waals surface area contributed by atoms with Crippen LogP contribution in [0.5, 0.6) is 5.75 Å². The summed E-state index contributed by atoms with van der Waals surface area (Å²) in [6, 6.07) is 12.0. The van der Waals surface area contributed by atoms with E-state index in [0.717, 1.165) is 27.8 Å². The van der Waals surface area contributed by atoms with E-state index in [9.17, 15) is 0 Å². The number of rotatable bonds is 1. The van der Waals surface area contributed by atoms with Crippen molar-refractivity contribution in [3.63, 3.8) is 0 Å². The van der Waals surface area contributed by atoms with Crippen LogP contribution in [0.2, 0.25) is 5.02 Å². The fourth-order valence-electron chi connectivity index (χ4n) is 2.54. The van der Waals surface area contributed by atoms with E-state index >= 15 is 0 Å². The molecule has 2 atom stereocenters. The van der Waals surface area contributed by atoms with Gasteiger partial charge in [-0.2, -0.15) is 0 Å². The molecule has 1 aliphatic rings. The van der Waals surface area contributed by atoms with Crippen molar-refractivity contribution >= 4 is 27.5 Å². The summed E-state index contributed by atoms with van der Waals surface area (Å²) in [5.41, 5.74) is 9.68. The number of fused-ring (bicyclic) bond motifs is 1. The van der Waals surface area contributed by atoms with Gasteiger partial charge >= 0.3 is 0 Å². The maximum Gasteiger partial charge on any atom is 0.126 e. The van der Waals surface area contributed by atoms with Gasteiger partial charge in [-0.15, -0.1) is 0 Å². The molecule has 2 N–H and O–H groups in total. The zero-order valence-electron chi connectivity index (χ0n) is 11.1. The van der Waals surface area contributed by atoms with Gasteiger partial charge in [0.2, 0.25) is 0 Å². The Morgan fingerprint density at radius 3 is 2.80 bits per heavy atom. The number of hydrogen-bond acceptors (Lipinski definition) is 2. The summed E-state index contributed by atoms with van der Waals surface area (Å²) in [6.07, 6.45) is 0.735. The second-order valence-electron chi connectivity index (χ2n) is 5.16. The quantitative estimate of drug-likeness (QED) is 0.789. The highest BCUT2D eigenvalue weighted by molar-refractivity contribution is 9.10. The lowest BCUT2D eigenvalue weighted by atomic mass is 9.93. The Bertz CT molecular complexity index is 659. The third kappa shape index (κ3) is 2.58. The second kappa shape index (κ2) is 5.40. The minimum atomic E-state index is -0.0335. The summed E-state index contributed by atoms with van der Waals surface area (Å²) in [7, 11) is 0. The molecule has 104 valence electrons. The maximum atomic E-state index is 6.29. The van der Waals surface area contributed by atoms with E-state index in [1.54, 1.807) is 0 Å². The van der Waals surface area contributed by atoms with Crippen molar-refractivity contribution in [1.29, 1.82) is 0 Å². The van der Waals surface area contributed by atoms with Gasteiger partial charge in [0.15, 0.2) is 0 Å². The molecule has 0 radical (unpaired) electrons. The lowest BCUT2D eigenvalue weighted by Gasteiger charge is -2.31. The smallest absolute Gasteiger partial charge is 0.126 e. The second-order valence-corrected chi connectivity index (χ2v) is 6.43. The largest absolute Gasteiger partial charge is 0.485 e. The van der Waals surface area contributed by atoms with Crippen LogP contribution in [-0.4, -0.2) is 0 Å². The third-order valence-electron chi connectivity index (χ3n) is 3.62. The van der Waals surface area contributed by atoms with E-state index in [1.165, 1.54) is 5.56 Å². The van der Waals surface area contributed by atoms with E-state index in [1.807, 2.05) is 30.3 Å². The Labute approximate surface area is 132 Å². The predicted octanol–water partition coefficient (Wildman–Crippen LogP) is 4.93. The van der Waals surface area contributed by atoms with Crippen LogP contribution in [0, 0.1) is 6.92 Å². The van der Waals surface area contributed by atoms with Gasteiger partial charge in [0, 0.05) is 22.5 Å². The molecule has 20 heavy (non-hydrogen) atoms.